The number of benzene rings is 2. The Labute approximate surface area is 211 Å². The Morgan fingerprint density at radius 2 is 1.80 bits per heavy atom. The third kappa shape index (κ3) is 4.91. The summed E-state index contributed by atoms with van der Waals surface area (Å²) in [6.45, 7) is 8.51. The number of fused-ring (bicyclic) bond motifs is 1. The summed E-state index contributed by atoms with van der Waals surface area (Å²) in [6.07, 6.45) is 1.93. The number of likely N-dealkylation sites (tertiary alicyclic amines) is 1. The molecule has 4 rings (SSSR count). The number of hydrogen-bond acceptors (Lipinski definition) is 4. The van der Waals surface area contributed by atoms with E-state index in [0.717, 1.165) is 16.5 Å². The summed E-state index contributed by atoms with van der Waals surface area (Å²) >= 11 is 6.04. The molecule has 6 nitrogen and oxygen atoms in total. The first-order valence-corrected chi connectivity index (χ1v) is 12.3. The standard InChI is InChI=1S/C28H32ClN3O3/c1-18(2)24(31-25(33)20-15-19-7-5-6-8-23(19)30-16-20)26(34)32-14-13-28(35,27(3,4)17-32)21-9-11-22(29)12-10-21/h5-12,15-16,18,24,35H,13-14,17H2,1-4H3,(H,31,33)/t24-,28+/m1/s1. The van der Waals surface area contributed by atoms with Crippen LogP contribution in [-0.2, 0) is 10.4 Å². The highest BCUT2D eigenvalue weighted by Crippen LogP contribution is 2.46. The summed E-state index contributed by atoms with van der Waals surface area (Å²) in [6, 6.07) is 15.9. The minimum Gasteiger partial charge on any atom is -0.384 e. The van der Waals surface area contributed by atoms with Crippen LogP contribution in [0.3, 0.4) is 0 Å². The van der Waals surface area contributed by atoms with Gasteiger partial charge in [0, 0.05) is 35.1 Å². The Hall–Kier alpha value is -2.96. The molecule has 7 heteroatoms. The van der Waals surface area contributed by atoms with Crippen molar-refractivity contribution in [1.82, 2.24) is 15.2 Å². The second-order valence-corrected chi connectivity index (χ2v) is 10.8. The average Bonchev–Trinajstić information content (AvgIpc) is 2.83. The number of aromatic nitrogens is 1. The van der Waals surface area contributed by atoms with Gasteiger partial charge in [-0.15, -0.1) is 0 Å². The quantitative estimate of drug-likeness (QED) is 0.535. The zero-order valence-corrected chi connectivity index (χ0v) is 21.3. The predicted octanol–water partition coefficient (Wildman–Crippen LogP) is 4.79. The third-order valence-electron chi connectivity index (χ3n) is 7.15. The zero-order chi connectivity index (χ0) is 25.4. The summed E-state index contributed by atoms with van der Waals surface area (Å²) < 4.78 is 0. The molecule has 184 valence electrons. The number of carbonyl (C=O) groups excluding carboxylic acids is 2. The third-order valence-corrected chi connectivity index (χ3v) is 7.41. The molecule has 2 aromatic carbocycles. The lowest BCUT2D eigenvalue weighted by Gasteiger charge is -2.51. The number of nitrogens with one attached hydrogen (secondary N) is 1. The smallest absolute Gasteiger partial charge is 0.253 e. The Kier molecular flexibility index (Phi) is 6.89. The Morgan fingerprint density at radius 1 is 1.11 bits per heavy atom. The SMILES string of the molecule is CC(C)[C@@H](NC(=O)c1cnc2ccccc2c1)C(=O)N1CC[C@](O)(c2ccc(Cl)cc2)C(C)(C)C1. The molecule has 0 saturated carbocycles. The topological polar surface area (TPSA) is 82.5 Å². The van der Waals surface area contributed by atoms with Gasteiger partial charge in [-0.25, -0.2) is 0 Å². The highest BCUT2D eigenvalue weighted by molar-refractivity contribution is 6.30. The lowest BCUT2D eigenvalue weighted by atomic mass is 9.66. The van der Waals surface area contributed by atoms with Crippen LogP contribution in [0.4, 0.5) is 0 Å². The van der Waals surface area contributed by atoms with Crippen molar-refractivity contribution in [2.24, 2.45) is 11.3 Å². The van der Waals surface area contributed by atoms with E-state index >= 15 is 0 Å². The number of piperidine rings is 1. The van der Waals surface area contributed by atoms with E-state index in [1.807, 2.05) is 64.1 Å². The van der Waals surface area contributed by atoms with Crippen molar-refractivity contribution < 1.29 is 14.7 Å². The lowest BCUT2D eigenvalue weighted by Crippen LogP contribution is -2.60. The maximum atomic E-state index is 13.6. The fraction of sp³-hybridized carbons (Fsp3) is 0.393. The van der Waals surface area contributed by atoms with Crippen LogP contribution in [0.2, 0.25) is 5.02 Å². The van der Waals surface area contributed by atoms with E-state index in [9.17, 15) is 14.7 Å². The van der Waals surface area contributed by atoms with Crippen LogP contribution in [0.15, 0.2) is 60.8 Å². The van der Waals surface area contributed by atoms with Gasteiger partial charge in [-0.3, -0.25) is 14.6 Å². The summed E-state index contributed by atoms with van der Waals surface area (Å²) in [5.41, 5.74) is 0.309. The monoisotopic (exact) mass is 493 g/mol. The Bertz CT molecular complexity index is 1240. The van der Waals surface area contributed by atoms with Crippen molar-refractivity contribution >= 4 is 34.3 Å². The Balaban J connectivity index is 1.51. The van der Waals surface area contributed by atoms with Gasteiger partial charge < -0.3 is 15.3 Å². The zero-order valence-electron chi connectivity index (χ0n) is 20.6. The molecule has 0 unspecified atom stereocenters. The van der Waals surface area contributed by atoms with Gasteiger partial charge in [-0.05, 0) is 42.2 Å². The van der Waals surface area contributed by atoms with E-state index in [2.05, 4.69) is 10.3 Å². The molecule has 0 spiro atoms. The minimum atomic E-state index is -1.10. The molecule has 0 radical (unpaired) electrons. The first-order chi connectivity index (χ1) is 16.5. The van der Waals surface area contributed by atoms with Crippen LogP contribution in [-0.4, -0.2) is 45.9 Å². The summed E-state index contributed by atoms with van der Waals surface area (Å²) in [5, 5.41) is 16.0. The fourth-order valence-corrected chi connectivity index (χ4v) is 5.03. The van der Waals surface area contributed by atoms with Gasteiger partial charge in [0.25, 0.3) is 5.91 Å². The fourth-order valence-electron chi connectivity index (χ4n) is 4.90. The van der Waals surface area contributed by atoms with Gasteiger partial charge in [-0.1, -0.05) is 69.6 Å². The van der Waals surface area contributed by atoms with Crippen LogP contribution in [0.1, 0.15) is 50.0 Å². The number of para-hydroxylation sites is 1. The molecule has 1 aromatic heterocycles. The Morgan fingerprint density at radius 3 is 2.46 bits per heavy atom. The maximum Gasteiger partial charge on any atom is 0.253 e. The molecule has 35 heavy (non-hydrogen) atoms. The number of halogens is 1. The van der Waals surface area contributed by atoms with E-state index in [1.165, 1.54) is 6.20 Å². The van der Waals surface area contributed by atoms with E-state index in [4.69, 9.17) is 11.6 Å². The summed E-state index contributed by atoms with van der Waals surface area (Å²) in [4.78, 5) is 32.8. The molecule has 1 fully saturated rings. The second-order valence-electron chi connectivity index (χ2n) is 10.4. The maximum absolute atomic E-state index is 13.6. The molecule has 3 aromatic rings. The molecule has 0 bridgehead atoms. The summed E-state index contributed by atoms with van der Waals surface area (Å²) in [5.74, 6) is -0.586. The van der Waals surface area contributed by atoms with Crippen LogP contribution in [0.5, 0.6) is 0 Å². The van der Waals surface area contributed by atoms with Crippen LogP contribution < -0.4 is 5.32 Å². The van der Waals surface area contributed by atoms with Crippen LogP contribution >= 0.6 is 11.6 Å². The number of hydrogen-bond donors (Lipinski definition) is 2. The van der Waals surface area contributed by atoms with Gasteiger partial charge in [-0.2, -0.15) is 0 Å². The van der Waals surface area contributed by atoms with Gasteiger partial charge in [0.15, 0.2) is 0 Å². The molecule has 1 aliphatic rings. The number of rotatable bonds is 5. The summed E-state index contributed by atoms with van der Waals surface area (Å²) in [7, 11) is 0. The molecular formula is C28H32ClN3O3. The van der Waals surface area contributed by atoms with Crippen LogP contribution in [0, 0.1) is 11.3 Å². The van der Waals surface area contributed by atoms with Crippen LogP contribution in [0.25, 0.3) is 10.9 Å². The lowest BCUT2D eigenvalue weighted by molar-refractivity contribution is -0.155. The minimum absolute atomic E-state index is 0.111. The molecule has 1 saturated heterocycles. The second kappa shape index (κ2) is 9.59. The van der Waals surface area contributed by atoms with Gasteiger partial charge >= 0.3 is 0 Å². The van der Waals surface area contributed by atoms with Crippen molar-refractivity contribution in [3.63, 3.8) is 0 Å². The number of pyridine rings is 1. The van der Waals surface area contributed by atoms with Gasteiger partial charge in [0.05, 0.1) is 16.7 Å². The number of carbonyl (C=O) groups is 2. The normalized spacial score (nSPS) is 20.6. The van der Waals surface area contributed by atoms with E-state index < -0.39 is 17.1 Å². The molecule has 2 atom stereocenters. The molecule has 2 N–H and O–H groups in total. The first-order valence-electron chi connectivity index (χ1n) is 11.9. The van der Waals surface area contributed by atoms with Crippen molar-refractivity contribution in [3.8, 4) is 0 Å². The number of aliphatic hydroxyl groups is 1. The van der Waals surface area contributed by atoms with Crippen molar-refractivity contribution in [1.29, 1.82) is 0 Å². The molecule has 0 aliphatic carbocycles. The molecular weight excluding hydrogens is 462 g/mol. The number of amides is 2. The highest BCUT2D eigenvalue weighted by atomic mass is 35.5. The molecule has 2 heterocycles. The number of nitrogens with zero attached hydrogens (tertiary/aromatic N) is 2. The van der Waals surface area contributed by atoms with E-state index in [0.29, 0.717) is 30.1 Å². The van der Waals surface area contributed by atoms with E-state index in [1.54, 1.807) is 23.1 Å². The molecule has 2 amide bonds. The van der Waals surface area contributed by atoms with Gasteiger partial charge in [0.2, 0.25) is 5.91 Å². The van der Waals surface area contributed by atoms with E-state index in [-0.39, 0.29) is 17.7 Å². The highest BCUT2D eigenvalue weighted by Gasteiger charge is 2.50. The first kappa shape index (κ1) is 25.1. The van der Waals surface area contributed by atoms with Gasteiger partial charge in [0.1, 0.15) is 6.04 Å². The average molecular weight is 494 g/mol. The predicted molar refractivity (Wildman–Crippen MR) is 138 cm³/mol. The molecule has 1 aliphatic heterocycles. The van der Waals surface area contributed by atoms with Crippen molar-refractivity contribution in [2.75, 3.05) is 13.1 Å². The van der Waals surface area contributed by atoms with Crippen molar-refractivity contribution in [2.45, 2.75) is 45.8 Å². The van der Waals surface area contributed by atoms with Crippen molar-refractivity contribution in [3.05, 3.63) is 76.9 Å². The largest absolute Gasteiger partial charge is 0.384 e.